The largest absolute Gasteiger partial charge is 0.462 e. The number of carbonyl (C=O) groups is 1. The fourth-order valence-electron chi connectivity index (χ4n) is 2.36. The average molecular weight is 422 g/mol. The zero-order chi connectivity index (χ0) is 21.8. The molecule has 0 fully saturated rings. The van der Waals surface area contributed by atoms with Gasteiger partial charge in [0.15, 0.2) is 0 Å². The second-order valence-corrected chi connectivity index (χ2v) is 8.77. The minimum absolute atomic E-state index is 0.131. The van der Waals surface area contributed by atoms with E-state index in [-0.39, 0.29) is 23.0 Å². The molecule has 0 aliphatic heterocycles. The zero-order valence-electron chi connectivity index (χ0n) is 16.5. The summed E-state index contributed by atoms with van der Waals surface area (Å²) in [4.78, 5) is 22.1. The van der Waals surface area contributed by atoms with Crippen molar-refractivity contribution in [3.8, 4) is 11.5 Å². The van der Waals surface area contributed by atoms with Gasteiger partial charge in [0.05, 0.1) is 22.0 Å². The number of hydrogen-bond acceptors (Lipinski definition) is 7. The number of ether oxygens (including phenoxy) is 2. The summed E-state index contributed by atoms with van der Waals surface area (Å²) in [5, 5.41) is 11.4. The van der Waals surface area contributed by atoms with Crippen LogP contribution >= 0.6 is 0 Å². The van der Waals surface area contributed by atoms with E-state index < -0.39 is 32.1 Å². The molecule has 2 rings (SSSR count). The van der Waals surface area contributed by atoms with Crippen LogP contribution in [-0.2, 0) is 14.8 Å². The first-order chi connectivity index (χ1) is 13.4. The number of esters is 1. The summed E-state index contributed by atoms with van der Waals surface area (Å²) >= 11 is 0. The fraction of sp³-hybridized carbons (Fsp3) is 0.316. The summed E-state index contributed by atoms with van der Waals surface area (Å²) < 4.78 is 37.7. The van der Waals surface area contributed by atoms with Gasteiger partial charge in [-0.25, -0.2) is 17.9 Å². The van der Waals surface area contributed by atoms with Gasteiger partial charge in [0, 0.05) is 11.6 Å². The predicted molar refractivity (Wildman–Crippen MR) is 106 cm³/mol. The van der Waals surface area contributed by atoms with E-state index in [1.807, 2.05) is 0 Å². The smallest absolute Gasteiger partial charge is 0.338 e. The lowest BCUT2D eigenvalue weighted by molar-refractivity contribution is -0.385. The highest BCUT2D eigenvalue weighted by Crippen LogP contribution is 2.33. The third-order valence-electron chi connectivity index (χ3n) is 3.47. The molecule has 0 unspecified atom stereocenters. The molecule has 0 saturated carbocycles. The van der Waals surface area contributed by atoms with E-state index in [2.05, 4.69) is 4.72 Å². The van der Waals surface area contributed by atoms with Crippen LogP contribution < -0.4 is 9.46 Å². The average Bonchev–Trinajstić information content (AvgIpc) is 2.60. The molecule has 10 heteroatoms. The van der Waals surface area contributed by atoms with Crippen molar-refractivity contribution >= 4 is 21.7 Å². The maximum absolute atomic E-state index is 12.4. The maximum atomic E-state index is 12.4. The van der Waals surface area contributed by atoms with Crippen LogP contribution in [0.5, 0.6) is 11.5 Å². The molecule has 0 spiro atoms. The molecule has 0 heterocycles. The van der Waals surface area contributed by atoms with E-state index in [0.717, 1.165) is 6.07 Å². The number of benzene rings is 2. The molecule has 29 heavy (non-hydrogen) atoms. The van der Waals surface area contributed by atoms with Gasteiger partial charge in [0.1, 0.15) is 5.75 Å². The van der Waals surface area contributed by atoms with Crippen molar-refractivity contribution in [3.63, 3.8) is 0 Å². The first-order valence-electron chi connectivity index (χ1n) is 8.70. The van der Waals surface area contributed by atoms with E-state index in [1.54, 1.807) is 27.7 Å². The van der Waals surface area contributed by atoms with Crippen LogP contribution in [0.2, 0.25) is 0 Å². The van der Waals surface area contributed by atoms with E-state index in [9.17, 15) is 23.3 Å². The van der Waals surface area contributed by atoms with Gasteiger partial charge >= 0.3 is 11.7 Å². The maximum Gasteiger partial charge on any atom is 0.338 e. The molecule has 0 saturated heterocycles. The minimum Gasteiger partial charge on any atom is -0.462 e. The summed E-state index contributed by atoms with van der Waals surface area (Å²) in [6, 6.07) is 9.23. The first-order valence-corrected chi connectivity index (χ1v) is 10.2. The molecular weight excluding hydrogens is 400 g/mol. The fourth-order valence-corrected chi connectivity index (χ4v) is 3.79. The summed E-state index contributed by atoms with van der Waals surface area (Å²) in [6.07, 6.45) is 0. The molecule has 1 N–H and O–H groups in total. The van der Waals surface area contributed by atoms with Crippen LogP contribution in [0.15, 0.2) is 47.4 Å². The molecule has 2 aromatic carbocycles. The number of nitrogens with one attached hydrogen (secondary N) is 1. The molecule has 0 aromatic heterocycles. The predicted octanol–water partition coefficient (Wildman–Crippen LogP) is 3.64. The monoisotopic (exact) mass is 422 g/mol. The molecule has 0 bridgehead atoms. The standard InChI is InChI=1S/C19H22N2O7S/c1-5-27-18(22)13-6-8-14(9-7-13)28-17-11-10-15(12-16(17)21(23)24)29(25,26)20-19(2,3)4/h6-12,20H,5H2,1-4H3. The number of hydrogen-bond donors (Lipinski definition) is 1. The molecule has 0 aliphatic carbocycles. The number of carbonyl (C=O) groups excluding carboxylic acids is 1. The van der Waals surface area contributed by atoms with E-state index in [4.69, 9.17) is 9.47 Å². The Kier molecular flexibility index (Phi) is 6.60. The lowest BCUT2D eigenvalue weighted by Gasteiger charge is -2.20. The molecule has 2 aromatic rings. The number of sulfonamides is 1. The molecular formula is C19H22N2O7S. The Morgan fingerprint density at radius 2 is 1.76 bits per heavy atom. The summed E-state index contributed by atoms with van der Waals surface area (Å²) in [6.45, 7) is 6.92. The Morgan fingerprint density at radius 1 is 1.14 bits per heavy atom. The molecule has 156 valence electrons. The van der Waals surface area contributed by atoms with Gasteiger partial charge in [-0.3, -0.25) is 10.1 Å². The highest BCUT2D eigenvalue weighted by Gasteiger charge is 2.26. The van der Waals surface area contributed by atoms with Gasteiger partial charge in [-0.05, 0) is 64.1 Å². The van der Waals surface area contributed by atoms with Crippen LogP contribution in [0.4, 0.5) is 5.69 Å². The highest BCUT2D eigenvalue weighted by molar-refractivity contribution is 7.89. The number of nitro benzene ring substituents is 1. The zero-order valence-corrected chi connectivity index (χ0v) is 17.3. The Balaban J connectivity index is 2.32. The van der Waals surface area contributed by atoms with Crippen molar-refractivity contribution in [2.24, 2.45) is 0 Å². The van der Waals surface area contributed by atoms with Gasteiger partial charge in [0.25, 0.3) is 0 Å². The number of rotatable bonds is 7. The van der Waals surface area contributed by atoms with E-state index in [1.165, 1.54) is 36.4 Å². The Hall–Kier alpha value is -2.98. The first kappa shape index (κ1) is 22.3. The minimum atomic E-state index is -3.95. The van der Waals surface area contributed by atoms with Crippen molar-refractivity contribution in [2.45, 2.75) is 38.1 Å². The lowest BCUT2D eigenvalue weighted by Crippen LogP contribution is -2.40. The Labute approximate surface area is 168 Å². The lowest BCUT2D eigenvalue weighted by atomic mass is 10.1. The third-order valence-corrected chi connectivity index (χ3v) is 5.23. The van der Waals surface area contributed by atoms with Crippen molar-refractivity contribution in [1.29, 1.82) is 0 Å². The van der Waals surface area contributed by atoms with Crippen LogP contribution in [0.25, 0.3) is 0 Å². The van der Waals surface area contributed by atoms with Gasteiger partial charge in [0.2, 0.25) is 15.8 Å². The SMILES string of the molecule is CCOC(=O)c1ccc(Oc2ccc(S(=O)(=O)NC(C)(C)C)cc2[N+](=O)[O-])cc1. The van der Waals surface area contributed by atoms with Crippen LogP contribution in [0, 0.1) is 10.1 Å². The molecule has 9 nitrogen and oxygen atoms in total. The van der Waals surface area contributed by atoms with E-state index in [0.29, 0.717) is 5.56 Å². The summed E-state index contributed by atoms with van der Waals surface area (Å²) in [7, 11) is -3.95. The topological polar surface area (TPSA) is 125 Å². The van der Waals surface area contributed by atoms with Gasteiger partial charge in [-0.15, -0.1) is 0 Å². The highest BCUT2D eigenvalue weighted by atomic mass is 32.2. The van der Waals surface area contributed by atoms with Gasteiger partial charge in [-0.1, -0.05) is 0 Å². The van der Waals surface area contributed by atoms with Gasteiger partial charge < -0.3 is 9.47 Å². The molecule has 0 aliphatic rings. The van der Waals surface area contributed by atoms with Crippen LogP contribution in [0.1, 0.15) is 38.1 Å². The van der Waals surface area contributed by atoms with Crippen LogP contribution in [0.3, 0.4) is 0 Å². The normalized spacial score (nSPS) is 11.7. The second kappa shape index (κ2) is 8.58. The van der Waals surface area contributed by atoms with Crippen LogP contribution in [-0.4, -0.2) is 31.5 Å². The Bertz CT molecular complexity index is 1010. The number of nitrogens with zero attached hydrogens (tertiary/aromatic N) is 1. The molecule has 0 radical (unpaired) electrons. The van der Waals surface area contributed by atoms with E-state index >= 15 is 0 Å². The second-order valence-electron chi connectivity index (χ2n) is 7.09. The van der Waals surface area contributed by atoms with Crippen molar-refractivity contribution < 1.29 is 27.6 Å². The Morgan fingerprint density at radius 3 is 2.28 bits per heavy atom. The number of nitro groups is 1. The molecule has 0 amide bonds. The summed E-state index contributed by atoms with van der Waals surface area (Å²) in [5.41, 5.74) is -0.941. The molecule has 0 atom stereocenters. The third kappa shape index (κ3) is 6.00. The van der Waals surface area contributed by atoms with Crippen molar-refractivity contribution in [1.82, 2.24) is 4.72 Å². The van der Waals surface area contributed by atoms with Gasteiger partial charge in [-0.2, -0.15) is 0 Å². The quantitative estimate of drug-likeness (QED) is 0.410. The van der Waals surface area contributed by atoms with Crippen molar-refractivity contribution in [2.75, 3.05) is 6.61 Å². The van der Waals surface area contributed by atoms with Crippen molar-refractivity contribution in [3.05, 3.63) is 58.1 Å². The summed E-state index contributed by atoms with van der Waals surface area (Å²) in [5.74, 6) is -0.385.